The van der Waals surface area contributed by atoms with Crippen LogP contribution >= 0.6 is 0 Å². The Labute approximate surface area is 161 Å². The fourth-order valence-corrected chi connectivity index (χ4v) is 2.93. The number of carboxylic acid groups (broad SMARTS) is 1. The highest BCUT2D eigenvalue weighted by Gasteiger charge is 2.13. The monoisotopic (exact) mass is 379 g/mol. The molecule has 0 unspecified atom stereocenters. The summed E-state index contributed by atoms with van der Waals surface area (Å²) in [4.78, 5) is 17.6. The van der Waals surface area contributed by atoms with Crippen LogP contribution in [-0.2, 0) is 18.3 Å². The number of pyridine rings is 1. The molecule has 8 heteroatoms. The van der Waals surface area contributed by atoms with Crippen molar-refractivity contribution in [2.75, 3.05) is 0 Å². The number of hydrogen-bond donors (Lipinski definition) is 1. The minimum atomic E-state index is -0.250. The van der Waals surface area contributed by atoms with Crippen LogP contribution in [0.2, 0.25) is 0 Å². The van der Waals surface area contributed by atoms with Gasteiger partial charge in [0, 0.05) is 35.7 Å². The van der Waals surface area contributed by atoms with Crippen molar-refractivity contribution in [1.82, 2.24) is 24.9 Å². The van der Waals surface area contributed by atoms with Gasteiger partial charge in [0.2, 0.25) is 0 Å². The van der Waals surface area contributed by atoms with Crippen molar-refractivity contribution in [1.29, 1.82) is 0 Å². The van der Waals surface area contributed by atoms with Gasteiger partial charge < -0.3 is 9.63 Å². The molecule has 0 aliphatic rings. The van der Waals surface area contributed by atoms with E-state index in [1.54, 1.807) is 0 Å². The van der Waals surface area contributed by atoms with Crippen LogP contribution in [0.5, 0.6) is 0 Å². The summed E-state index contributed by atoms with van der Waals surface area (Å²) >= 11 is 0. The topological polar surface area (TPSA) is 107 Å². The highest BCUT2D eigenvalue weighted by molar-refractivity contribution is 5.88. The summed E-state index contributed by atoms with van der Waals surface area (Å²) in [6.07, 6.45) is 2.62. The maximum atomic E-state index is 8.36. The van der Waals surface area contributed by atoms with Gasteiger partial charge in [-0.05, 0) is 43.7 Å². The van der Waals surface area contributed by atoms with Crippen LogP contribution < -0.4 is 0 Å². The number of aromatic nitrogens is 5. The minimum Gasteiger partial charge on any atom is -0.483 e. The zero-order chi connectivity index (χ0) is 20.3. The van der Waals surface area contributed by atoms with Gasteiger partial charge in [-0.15, -0.1) is 0 Å². The van der Waals surface area contributed by atoms with Gasteiger partial charge >= 0.3 is 0 Å². The molecule has 0 aliphatic heterocycles. The van der Waals surface area contributed by atoms with Crippen LogP contribution in [0.15, 0.2) is 35.0 Å². The molecule has 28 heavy (non-hydrogen) atoms. The van der Waals surface area contributed by atoms with Gasteiger partial charge in [0.25, 0.3) is 12.4 Å². The normalized spacial score (nSPS) is 10.6. The maximum absolute atomic E-state index is 8.36. The third-order valence-corrected chi connectivity index (χ3v) is 4.56. The van der Waals surface area contributed by atoms with Crippen molar-refractivity contribution < 1.29 is 14.4 Å². The van der Waals surface area contributed by atoms with Crippen molar-refractivity contribution in [3.05, 3.63) is 47.5 Å². The maximum Gasteiger partial charge on any atom is 0.290 e. The second kappa shape index (κ2) is 7.99. The molecule has 3 heterocycles. The van der Waals surface area contributed by atoms with E-state index in [2.05, 4.69) is 34.3 Å². The molecule has 144 valence electrons. The number of hydrogen-bond acceptors (Lipinski definition) is 6. The lowest BCUT2D eigenvalue weighted by Crippen LogP contribution is -1.94. The molecule has 0 radical (unpaired) electrons. The van der Waals surface area contributed by atoms with E-state index in [9.17, 15) is 0 Å². The van der Waals surface area contributed by atoms with Crippen molar-refractivity contribution in [3.63, 3.8) is 0 Å². The smallest absolute Gasteiger partial charge is 0.290 e. The highest BCUT2D eigenvalue weighted by atomic mass is 16.5. The lowest BCUT2D eigenvalue weighted by molar-refractivity contribution is -0.122. The molecule has 1 N–H and O–H groups in total. The second-order valence-corrected chi connectivity index (χ2v) is 6.30. The molecule has 0 saturated heterocycles. The molecular weight excluding hydrogens is 358 g/mol. The Bertz CT molecular complexity index is 1130. The van der Waals surface area contributed by atoms with Crippen LogP contribution in [0, 0.1) is 13.8 Å². The number of benzene rings is 1. The average molecular weight is 379 g/mol. The van der Waals surface area contributed by atoms with Crippen molar-refractivity contribution in [2.45, 2.75) is 27.2 Å². The van der Waals surface area contributed by atoms with E-state index in [-0.39, 0.29) is 6.47 Å². The molecule has 0 atom stereocenters. The first-order valence-electron chi connectivity index (χ1n) is 8.79. The Morgan fingerprint density at radius 3 is 2.57 bits per heavy atom. The average Bonchev–Trinajstić information content (AvgIpc) is 3.29. The predicted molar refractivity (Wildman–Crippen MR) is 105 cm³/mol. The second-order valence-electron chi connectivity index (χ2n) is 6.30. The van der Waals surface area contributed by atoms with E-state index < -0.39 is 0 Å². The SMILES string of the molecule is CCc1noc(-c2ccc3nc(-c4cnn(C)c4C)cc(C)c3c2)n1.O=CO. The van der Waals surface area contributed by atoms with Gasteiger partial charge in [-0.1, -0.05) is 12.1 Å². The lowest BCUT2D eigenvalue weighted by Gasteiger charge is -2.07. The minimum absolute atomic E-state index is 0.250. The summed E-state index contributed by atoms with van der Waals surface area (Å²) in [5.41, 5.74) is 6.10. The largest absolute Gasteiger partial charge is 0.483 e. The first-order valence-corrected chi connectivity index (χ1v) is 8.79. The summed E-state index contributed by atoms with van der Waals surface area (Å²) in [5.74, 6) is 1.26. The van der Waals surface area contributed by atoms with Crippen LogP contribution in [-0.4, -0.2) is 36.5 Å². The fraction of sp³-hybridized carbons (Fsp3) is 0.250. The Morgan fingerprint density at radius 1 is 1.21 bits per heavy atom. The molecule has 0 spiro atoms. The highest BCUT2D eigenvalue weighted by Crippen LogP contribution is 2.29. The Hall–Kier alpha value is -3.55. The van der Waals surface area contributed by atoms with Crippen LogP contribution in [0.4, 0.5) is 0 Å². The van der Waals surface area contributed by atoms with E-state index >= 15 is 0 Å². The molecule has 0 amide bonds. The number of fused-ring (bicyclic) bond motifs is 1. The van der Waals surface area contributed by atoms with Crippen LogP contribution in [0.25, 0.3) is 33.6 Å². The number of nitrogens with zero attached hydrogens (tertiary/aromatic N) is 5. The first kappa shape index (κ1) is 19.2. The summed E-state index contributed by atoms with van der Waals surface area (Å²) in [5, 5.41) is 16.3. The summed E-state index contributed by atoms with van der Waals surface area (Å²) in [6.45, 7) is 5.90. The van der Waals surface area contributed by atoms with Crippen molar-refractivity contribution in [2.24, 2.45) is 7.05 Å². The van der Waals surface area contributed by atoms with Crippen molar-refractivity contribution >= 4 is 17.4 Å². The van der Waals surface area contributed by atoms with E-state index in [1.165, 1.54) is 0 Å². The fourth-order valence-electron chi connectivity index (χ4n) is 2.93. The van der Waals surface area contributed by atoms with E-state index in [0.29, 0.717) is 11.7 Å². The standard InChI is InChI=1S/C19H19N5O.CH2O2/c1-5-18-22-19(25-23-18)13-6-7-16-14(9-13)11(2)8-17(21-16)15-10-20-24(4)12(15)3;2-1-3/h6-10H,5H2,1-4H3;1H,(H,2,3). The van der Waals surface area contributed by atoms with Crippen LogP contribution in [0.3, 0.4) is 0 Å². The third kappa shape index (κ3) is 3.62. The van der Waals surface area contributed by atoms with Gasteiger partial charge in [0.15, 0.2) is 5.82 Å². The number of aryl methyl sites for hydroxylation is 3. The van der Waals surface area contributed by atoms with Gasteiger partial charge in [-0.3, -0.25) is 9.48 Å². The summed E-state index contributed by atoms with van der Waals surface area (Å²) < 4.78 is 7.21. The first-order chi connectivity index (χ1) is 13.5. The quantitative estimate of drug-likeness (QED) is 0.542. The van der Waals surface area contributed by atoms with E-state index in [4.69, 9.17) is 19.4 Å². The number of carbonyl (C=O) groups is 1. The van der Waals surface area contributed by atoms with Gasteiger partial charge in [-0.2, -0.15) is 10.1 Å². The molecule has 3 aromatic heterocycles. The van der Waals surface area contributed by atoms with Gasteiger partial charge in [0.1, 0.15) is 0 Å². The molecule has 0 saturated carbocycles. The molecule has 4 aromatic rings. The number of rotatable bonds is 3. The Morgan fingerprint density at radius 2 is 1.96 bits per heavy atom. The van der Waals surface area contributed by atoms with Crippen LogP contribution in [0.1, 0.15) is 24.0 Å². The van der Waals surface area contributed by atoms with E-state index in [1.807, 2.05) is 43.9 Å². The molecule has 8 nitrogen and oxygen atoms in total. The lowest BCUT2D eigenvalue weighted by atomic mass is 10.0. The summed E-state index contributed by atoms with van der Waals surface area (Å²) in [6, 6.07) is 8.14. The predicted octanol–water partition coefficient (Wildman–Crippen LogP) is 3.57. The van der Waals surface area contributed by atoms with E-state index in [0.717, 1.165) is 45.4 Å². The Balaban J connectivity index is 0.000000706. The molecule has 1 aromatic carbocycles. The Kier molecular flexibility index (Phi) is 5.49. The summed E-state index contributed by atoms with van der Waals surface area (Å²) in [7, 11) is 1.94. The molecular formula is C20H21N5O3. The zero-order valence-corrected chi connectivity index (χ0v) is 16.2. The molecule has 0 fully saturated rings. The third-order valence-electron chi connectivity index (χ3n) is 4.56. The van der Waals surface area contributed by atoms with Gasteiger partial charge in [0.05, 0.1) is 17.4 Å². The van der Waals surface area contributed by atoms with Gasteiger partial charge in [-0.25, -0.2) is 4.98 Å². The molecule has 4 rings (SSSR count). The molecule has 0 aliphatic carbocycles. The molecule has 0 bridgehead atoms. The van der Waals surface area contributed by atoms with Crippen molar-refractivity contribution in [3.8, 4) is 22.7 Å². The zero-order valence-electron chi connectivity index (χ0n) is 16.2.